The van der Waals surface area contributed by atoms with Gasteiger partial charge in [0.1, 0.15) is 23.6 Å². The SMILES string of the molecule is COc1cc(OC)c(C2=NO[C@]3(C2)C[C@@H](C(=O)N[C@@H](CC2CC2)C(=O)C(N)=O)N(C(=O)[C@@H](NC(=O)CC2CC4CCC2C4)C(C)(C)C)C3)cc1Cl. The molecule has 14 heteroatoms. The summed E-state index contributed by atoms with van der Waals surface area (Å²) >= 11 is 6.47. The predicted molar refractivity (Wildman–Crippen MR) is 188 cm³/mol. The fraction of sp³-hybridized carbons (Fsp3) is 0.676. The van der Waals surface area contributed by atoms with Crippen molar-refractivity contribution < 1.29 is 38.3 Å². The molecule has 0 radical (unpaired) electrons. The molecule has 13 nitrogen and oxygen atoms in total. The van der Waals surface area contributed by atoms with Gasteiger partial charge in [-0.05, 0) is 60.8 Å². The molecule has 2 heterocycles. The number of likely N-dealkylation sites (tertiary alicyclic amines) is 1. The number of nitrogens with one attached hydrogen (secondary N) is 2. The summed E-state index contributed by atoms with van der Waals surface area (Å²) in [6.45, 7) is 5.60. The van der Waals surface area contributed by atoms with E-state index in [1.165, 1.54) is 32.0 Å². The molecule has 3 aliphatic carbocycles. The minimum absolute atomic E-state index is 0.0188. The van der Waals surface area contributed by atoms with E-state index in [1.54, 1.807) is 12.1 Å². The van der Waals surface area contributed by atoms with Crippen LogP contribution in [0.15, 0.2) is 17.3 Å². The summed E-state index contributed by atoms with van der Waals surface area (Å²) in [5, 5.41) is 10.5. The summed E-state index contributed by atoms with van der Waals surface area (Å²) in [6.07, 6.45) is 7.26. The quantitative estimate of drug-likeness (QED) is 0.258. The maximum Gasteiger partial charge on any atom is 0.287 e. The Kier molecular flexibility index (Phi) is 10.3. The number of methoxy groups -OCH3 is 2. The van der Waals surface area contributed by atoms with E-state index in [1.807, 2.05) is 20.8 Å². The number of carbonyl (C=O) groups is 5. The molecule has 6 rings (SSSR count). The van der Waals surface area contributed by atoms with Crippen LogP contribution in [-0.4, -0.2) is 84.5 Å². The number of oxime groups is 1. The molecule has 1 spiro atoms. The first kappa shape index (κ1) is 36.9. The van der Waals surface area contributed by atoms with E-state index in [2.05, 4.69) is 15.8 Å². The Morgan fingerprint density at radius 2 is 1.78 bits per heavy atom. The Morgan fingerprint density at radius 3 is 2.37 bits per heavy atom. The number of nitrogens with zero attached hydrogens (tertiary/aromatic N) is 2. The number of fused-ring (bicyclic) bond motifs is 2. The highest BCUT2D eigenvalue weighted by Crippen LogP contribution is 2.49. The molecule has 4 amide bonds. The van der Waals surface area contributed by atoms with Crippen LogP contribution in [-0.2, 0) is 28.8 Å². The number of nitrogens with two attached hydrogens (primary N) is 1. The zero-order valence-electron chi connectivity index (χ0n) is 30.1. The van der Waals surface area contributed by atoms with Gasteiger partial charge in [0.25, 0.3) is 5.91 Å². The van der Waals surface area contributed by atoms with Gasteiger partial charge in [-0.1, -0.05) is 56.8 Å². The van der Waals surface area contributed by atoms with E-state index in [4.69, 9.17) is 31.6 Å². The van der Waals surface area contributed by atoms with Gasteiger partial charge in [0.05, 0.1) is 37.5 Å². The standard InChI is InChI=1S/C37H50ClN5O8/c1-36(2,3)32(41-30(44)13-22-11-20-8-9-21(22)10-20)35(48)43-18-37(16-26(42-51-37)23-14-24(38)29(50-5)15-28(23)49-4)17-27(43)34(47)40-25(12-19-6-7-19)31(45)33(39)46/h14-15,19-22,25,27,32H,6-13,16-18H2,1-5H3,(H2,39,46)(H,40,47)(H,41,44)/t20?,21?,22?,25-,27-,32+,37+/m0/s1. The van der Waals surface area contributed by atoms with E-state index in [0.29, 0.717) is 52.0 Å². The lowest BCUT2D eigenvalue weighted by Crippen LogP contribution is -2.59. The van der Waals surface area contributed by atoms with Crippen LogP contribution in [0.2, 0.25) is 5.02 Å². The molecule has 4 N–H and O–H groups in total. The van der Waals surface area contributed by atoms with Crippen molar-refractivity contribution in [2.24, 2.45) is 40.0 Å². The molecule has 1 aromatic rings. The van der Waals surface area contributed by atoms with E-state index < -0.39 is 52.6 Å². The molecule has 1 aromatic carbocycles. The van der Waals surface area contributed by atoms with Crippen LogP contribution < -0.4 is 25.8 Å². The van der Waals surface area contributed by atoms with E-state index >= 15 is 0 Å². The highest BCUT2D eigenvalue weighted by atomic mass is 35.5. The fourth-order valence-corrected chi connectivity index (χ4v) is 8.86. The molecule has 278 valence electrons. The predicted octanol–water partition coefficient (Wildman–Crippen LogP) is 3.52. The molecule has 4 fully saturated rings. The van der Waals surface area contributed by atoms with Crippen LogP contribution in [0.5, 0.6) is 11.5 Å². The molecule has 7 atom stereocenters. The number of Topliss-reactive ketones (excluding diaryl/α,β-unsaturated/α-hetero) is 1. The topological polar surface area (TPSA) is 179 Å². The lowest BCUT2D eigenvalue weighted by Gasteiger charge is -2.36. The molecule has 0 aromatic heterocycles. The van der Waals surface area contributed by atoms with Gasteiger partial charge in [-0.25, -0.2) is 0 Å². The van der Waals surface area contributed by atoms with E-state index in [-0.39, 0.29) is 37.6 Å². The van der Waals surface area contributed by atoms with Gasteiger partial charge >= 0.3 is 0 Å². The molecule has 3 saturated carbocycles. The van der Waals surface area contributed by atoms with E-state index in [0.717, 1.165) is 25.7 Å². The summed E-state index contributed by atoms with van der Waals surface area (Å²) in [5.41, 5.74) is 4.62. The first-order chi connectivity index (χ1) is 24.1. The van der Waals surface area contributed by atoms with Crippen LogP contribution in [0.3, 0.4) is 0 Å². The highest BCUT2D eigenvalue weighted by Gasteiger charge is 2.56. The highest BCUT2D eigenvalue weighted by molar-refractivity contribution is 6.38. The van der Waals surface area contributed by atoms with Gasteiger partial charge in [0, 0.05) is 30.9 Å². The summed E-state index contributed by atoms with van der Waals surface area (Å²) in [4.78, 5) is 74.7. The number of amides is 4. The maximum absolute atomic E-state index is 14.7. The van der Waals surface area contributed by atoms with Gasteiger partial charge in [0.2, 0.25) is 23.5 Å². The molecule has 2 aliphatic heterocycles. The zero-order chi connectivity index (χ0) is 36.8. The second-order valence-electron chi connectivity index (χ2n) is 16.3. The zero-order valence-corrected chi connectivity index (χ0v) is 30.8. The number of carbonyl (C=O) groups excluding carboxylic acids is 5. The Labute approximate surface area is 303 Å². The second kappa shape index (κ2) is 14.3. The van der Waals surface area contributed by atoms with Crippen LogP contribution in [0.4, 0.5) is 0 Å². The van der Waals surface area contributed by atoms with Crippen LogP contribution >= 0.6 is 11.6 Å². The number of ketones is 1. The third-order valence-corrected chi connectivity index (χ3v) is 11.8. The first-order valence-corrected chi connectivity index (χ1v) is 18.4. The lowest BCUT2D eigenvalue weighted by atomic mass is 9.84. The van der Waals surface area contributed by atoms with Crippen molar-refractivity contribution in [2.45, 2.75) is 109 Å². The third-order valence-electron chi connectivity index (χ3n) is 11.5. The number of halogens is 1. The lowest BCUT2D eigenvalue weighted by molar-refractivity contribution is -0.145. The Bertz CT molecular complexity index is 1620. The normalized spacial score (nSPS) is 27.8. The summed E-state index contributed by atoms with van der Waals surface area (Å²) in [7, 11) is 3.01. The Balaban J connectivity index is 1.26. The number of benzene rings is 1. The number of ether oxygens (including phenoxy) is 2. The molecule has 3 unspecified atom stereocenters. The Hall–Kier alpha value is -3.87. The van der Waals surface area contributed by atoms with Gasteiger partial charge < -0.3 is 35.6 Å². The van der Waals surface area contributed by atoms with Gasteiger partial charge in [-0.3, -0.25) is 24.0 Å². The van der Waals surface area contributed by atoms with Gasteiger partial charge in [0.15, 0.2) is 5.60 Å². The smallest absolute Gasteiger partial charge is 0.287 e. The minimum Gasteiger partial charge on any atom is -0.496 e. The number of primary amides is 1. The van der Waals surface area contributed by atoms with Crippen molar-refractivity contribution in [3.63, 3.8) is 0 Å². The molecule has 51 heavy (non-hydrogen) atoms. The van der Waals surface area contributed by atoms with Crippen LogP contribution in [0.25, 0.3) is 0 Å². The summed E-state index contributed by atoms with van der Waals surface area (Å²) in [6, 6.07) is 0.156. The summed E-state index contributed by atoms with van der Waals surface area (Å²) in [5.74, 6) is -0.629. The average Bonchev–Trinajstić information content (AvgIpc) is 3.40. The van der Waals surface area contributed by atoms with Crippen molar-refractivity contribution >= 4 is 46.7 Å². The van der Waals surface area contributed by atoms with Crippen molar-refractivity contribution in [3.8, 4) is 11.5 Å². The first-order valence-electron chi connectivity index (χ1n) is 18.0. The number of hydrogen-bond acceptors (Lipinski definition) is 9. The van der Waals surface area contributed by atoms with E-state index in [9.17, 15) is 24.0 Å². The van der Waals surface area contributed by atoms with Gasteiger partial charge in [-0.15, -0.1) is 0 Å². The maximum atomic E-state index is 14.7. The fourth-order valence-electron chi connectivity index (χ4n) is 8.62. The molecule has 1 saturated heterocycles. The average molecular weight is 728 g/mol. The second-order valence-corrected chi connectivity index (χ2v) is 16.7. The number of rotatable bonds is 13. The van der Waals surface area contributed by atoms with Crippen LogP contribution in [0, 0.1) is 29.1 Å². The monoisotopic (exact) mass is 727 g/mol. The molecular formula is C37H50ClN5O8. The summed E-state index contributed by atoms with van der Waals surface area (Å²) < 4.78 is 10.9. The van der Waals surface area contributed by atoms with Crippen molar-refractivity contribution in [1.82, 2.24) is 15.5 Å². The largest absolute Gasteiger partial charge is 0.496 e. The number of hydrogen-bond donors (Lipinski definition) is 3. The molecular weight excluding hydrogens is 678 g/mol. The minimum atomic E-state index is -1.13. The van der Waals surface area contributed by atoms with Crippen LogP contribution in [0.1, 0.15) is 90.5 Å². The van der Waals surface area contributed by atoms with Crippen molar-refractivity contribution in [2.75, 3.05) is 20.8 Å². The third kappa shape index (κ3) is 7.83. The Morgan fingerprint density at radius 1 is 1.06 bits per heavy atom. The van der Waals surface area contributed by atoms with Crippen molar-refractivity contribution in [3.05, 3.63) is 22.7 Å². The molecule has 2 bridgehead atoms. The van der Waals surface area contributed by atoms with Crippen molar-refractivity contribution in [1.29, 1.82) is 0 Å². The molecule has 5 aliphatic rings. The van der Waals surface area contributed by atoms with Gasteiger partial charge in [-0.2, -0.15) is 0 Å².